The zero-order valence-corrected chi connectivity index (χ0v) is 13.6. The van der Waals surface area contributed by atoms with Crippen molar-refractivity contribution in [2.75, 3.05) is 5.32 Å². The normalized spacial score (nSPS) is 16.9. The topological polar surface area (TPSA) is 55.1 Å². The van der Waals surface area contributed by atoms with E-state index in [1.165, 1.54) is 31.2 Å². The Bertz CT molecular complexity index is 456. The van der Waals surface area contributed by atoms with Crippen LogP contribution in [0.15, 0.2) is 24.3 Å². The highest BCUT2D eigenvalue weighted by molar-refractivity contribution is 7.99. The van der Waals surface area contributed by atoms with Crippen LogP contribution >= 0.6 is 11.8 Å². The van der Waals surface area contributed by atoms with Crippen molar-refractivity contribution in [2.24, 2.45) is 5.73 Å². The lowest BCUT2D eigenvalue weighted by Gasteiger charge is -2.11. The number of rotatable bonds is 7. The van der Waals surface area contributed by atoms with Gasteiger partial charge in [0.25, 0.3) is 0 Å². The maximum atomic E-state index is 11.8. The molecule has 4 heteroatoms. The van der Waals surface area contributed by atoms with Gasteiger partial charge in [0.15, 0.2) is 0 Å². The Hall–Kier alpha value is -1.00. The van der Waals surface area contributed by atoms with Gasteiger partial charge in [0.05, 0.1) is 0 Å². The second-order valence-corrected chi connectivity index (χ2v) is 7.27. The second-order valence-electron chi connectivity index (χ2n) is 5.98. The van der Waals surface area contributed by atoms with E-state index < -0.39 is 0 Å². The van der Waals surface area contributed by atoms with Crippen LogP contribution in [0.1, 0.15) is 51.0 Å². The fourth-order valence-electron chi connectivity index (χ4n) is 2.59. The first-order valence-corrected chi connectivity index (χ1v) is 8.94. The first-order valence-electron chi connectivity index (χ1n) is 7.89. The minimum Gasteiger partial charge on any atom is -0.328 e. The SMILES string of the molecule is CC(N)CCC(=O)Nc1cccc(CSC2CCCC2)c1. The van der Waals surface area contributed by atoms with E-state index in [4.69, 9.17) is 5.73 Å². The molecule has 3 N–H and O–H groups in total. The lowest BCUT2D eigenvalue weighted by Crippen LogP contribution is -2.19. The zero-order valence-electron chi connectivity index (χ0n) is 12.8. The lowest BCUT2D eigenvalue weighted by atomic mass is 10.2. The Morgan fingerprint density at radius 2 is 2.19 bits per heavy atom. The highest BCUT2D eigenvalue weighted by Gasteiger charge is 2.15. The molecule has 1 fully saturated rings. The van der Waals surface area contributed by atoms with Gasteiger partial charge in [-0.3, -0.25) is 4.79 Å². The van der Waals surface area contributed by atoms with E-state index in [2.05, 4.69) is 17.4 Å². The van der Waals surface area contributed by atoms with Crippen molar-refractivity contribution in [3.05, 3.63) is 29.8 Å². The van der Waals surface area contributed by atoms with Crippen LogP contribution < -0.4 is 11.1 Å². The van der Waals surface area contributed by atoms with Gasteiger partial charge < -0.3 is 11.1 Å². The number of nitrogens with two attached hydrogens (primary N) is 1. The first-order chi connectivity index (χ1) is 10.1. The monoisotopic (exact) mass is 306 g/mol. The average Bonchev–Trinajstić information content (AvgIpc) is 2.97. The van der Waals surface area contributed by atoms with Crippen LogP contribution in [0.5, 0.6) is 0 Å². The van der Waals surface area contributed by atoms with Crippen LogP contribution in [0.2, 0.25) is 0 Å². The Labute approximate surface area is 132 Å². The molecule has 0 radical (unpaired) electrons. The van der Waals surface area contributed by atoms with E-state index in [1.54, 1.807) is 0 Å². The number of carbonyl (C=O) groups is 1. The van der Waals surface area contributed by atoms with Crippen LogP contribution in [-0.4, -0.2) is 17.2 Å². The second kappa shape index (κ2) is 8.44. The summed E-state index contributed by atoms with van der Waals surface area (Å²) in [4.78, 5) is 11.8. The molecule has 1 unspecified atom stereocenters. The number of hydrogen-bond acceptors (Lipinski definition) is 3. The largest absolute Gasteiger partial charge is 0.328 e. The van der Waals surface area contributed by atoms with Gasteiger partial charge in [0, 0.05) is 29.2 Å². The molecular weight excluding hydrogens is 280 g/mol. The Morgan fingerprint density at radius 3 is 2.90 bits per heavy atom. The molecule has 1 amide bonds. The number of carbonyl (C=O) groups excluding carboxylic acids is 1. The molecule has 0 bridgehead atoms. The number of amides is 1. The zero-order chi connectivity index (χ0) is 15.1. The fourth-order valence-corrected chi connectivity index (χ4v) is 3.86. The summed E-state index contributed by atoms with van der Waals surface area (Å²) in [6.07, 6.45) is 6.69. The smallest absolute Gasteiger partial charge is 0.224 e. The molecule has 2 rings (SSSR count). The van der Waals surface area contributed by atoms with Gasteiger partial charge in [-0.1, -0.05) is 25.0 Å². The third-order valence-electron chi connectivity index (χ3n) is 3.83. The molecule has 3 nitrogen and oxygen atoms in total. The van der Waals surface area contributed by atoms with E-state index in [1.807, 2.05) is 30.8 Å². The summed E-state index contributed by atoms with van der Waals surface area (Å²) in [5, 5.41) is 3.79. The molecule has 1 aliphatic rings. The fraction of sp³-hybridized carbons (Fsp3) is 0.588. The number of anilines is 1. The molecule has 21 heavy (non-hydrogen) atoms. The number of thioether (sulfide) groups is 1. The van der Waals surface area contributed by atoms with Crippen molar-refractivity contribution in [1.29, 1.82) is 0 Å². The van der Waals surface area contributed by atoms with E-state index >= 15 is 0 Å². The van der Waals surface area contributed by atoms with Crippen molar-refractivity contribution in [1.82, 2.24) is 0 Å². The highest BCUT2D eigenvalue weighted by atomic mass is 32.2. The average molecular weight is 306 g/mol. The van der Waals surface area contributed by atoms with Crippen molar-refractivity contribution >= 4 is 23.4 Å². The highest BCUT2D eigenvalue weighted by Crippen LogP contribution is 2.31. The molecule has 116 valence electrons. The van der Waals surface area contributed by atoms with Gasteiger partial charge in [-0.25, -0.2) is 0 Å². The molecule has 0 spiro atoms. The van der Waals surface area contributed by atoms with Gasteiger partial charge in [-0.2, -0.15) is 11.8 Å². The third kappa shape index (κ3) is 6.10. The van der Waals surface area contributed by atoms with Crippen molar-refractivity contribution < 1.29 is 4.79 Å². The molecule has 1 atom stereocenters. The summed E-state index contributed by atoms with van der Waals surface area (Å²) in [6.45, 7) is 1.92. The predicted octanol–water partition coefficient (Wildman–Crippen LogP) is 3.93. The van der Waals surface area contributed by atoms with Crippen LogP contribution in [0, 0.1) is 0 Å². The van der Waals surface area contributed by atoms with Gasteiger partial charge >= 0.3 is 0 Å². The third-order valence-corrected chi connectivity index (χ3v) is 5.27. The van der Waals surface area contributed by atoms with Crippen molar-refractivity contribution in [3.63, 3.8) is 0 Å². The van der Waals surface area contributed by atoms with Crippen LogP contribution in [-0.2, 0) is 10.5 Å². The molecule has 1 aliphatic carbocycles. The summed E-state index contributed by atoms with van der Waals surface area (Å²) in [6, 6.07) is 8.27. The Balaban J connectivity index is 1.80. The summed E-state index contributed by atoms with van der Waals surface area (Å²) in [5.41, 5.74) is 7.86. The van der Waals surface area contributed by atoms with E-state index in [0.29, 0.717) is 6.42 Å². The van der Waals surface area contributed by atoms with Gasteiger partial charge in [0.1, 0.15) is 0 Å². The summed E-state index contributed by atoms with van der Waals surface area (Å²) < 4.78 is 0. The van der Waals surface area contributed by atoms with E-state index in [0.717, 1.165) is 23.1 Å². The quantitative estimate of drug-likeness (QED) is 0.802. The molecule has 1 aromatic rings. The minimum atomic E-state index is 0.0490. The number of nitrogens with one attached hydrogen (secondary N) is 1. The molecule has 0 heterocycles. The lowest BCUT2D eigenvalue weighted by molar-refractivity contribution is -0.116. The van der Waals surface area contributed by atoms with Crippen LogP contribution in [0.25, 0.3) is 0 Å². The van der Waals surface area contributed by atoms with E-state index in [-0.39, 0.29) is 11.9 Å². The Morgan fingerprint density at radius 1 is 1.43 bits per heavy atom. The number of hydrogen-bond donors (Lipinski definition) is 2. The maximum Gasteiger partial charge on any atom is 0.224 e. The molecule has 1 saturated carbocycles. The van der Waals surface area contributed by atoms with Crippen LogP contribution in [0.3, 0.4) is 0 Å². The van der Waals surface area contributed by atoms with Crippen molar-refractivity contribution in [3.8, 4) is 0 Å². The summed E-state index contributed by atoms with van der Waals surface area (Å²) >= 11 is 2.05. The maximum absolute atomic E-state index is 11.8. The van der Waals surface area contributed by atoms with Crippen LogP contribution in [0.4, 0.5) is 5.69 Å². The van der Waals surface area contributed by atoms with Gasteiger partial charge in [0.2, 0.25) is 5.91 Å². The minimum absolute atomic E-state index is 0.0490. The summed E-state index contributed by atoms with van der Waals surface area (Å²) in [7, 11) is 0. The molecule has 0 aromatic heterocycles. The molecule has 0 aliphatic heterocycles. The van der Waals surface area contributed by atoms with Gasteiger partial charge in [-0.15, -0.1) is 0 Å². The first kappa shape index (κ1) is 16.4. The standard InChI is InChI=1S/C17H26N2OS/c1-13(18)9-10-17(20)19-15-6-4-5-14(11-15)12-21-16-7-2-3-8-16/h4-6,11,13,16H,2-3,7-10,12,18H2,1H3,(H,19,20). The predicted molar refractivity (Wildman–Crippen MR) is 91.5 cm³/mol. The number of benzene rings is 1. The van der Waals surface area contributed by atoms with Gasteiger partial charge in [-0.05, 0) is 43.9 Å². The molecule has 0 saturated heterocycles. The molecular formula is C17H26N2OS. The van der Waals surface area contributed by atoms with Crippen molar-refractivity contribution in [2.45, 2.75) is 62.5 Å². The summed E-state index contributed by atoms with van der Waals surface area (Å²) in [5.74, 6) is 1.08. The molecule has 1 aromatic carbocycles. The Kier molecular flexibility index (Phi) is 6.58. The van der Waals surface area contributed by atoms with E-state index in [9.17, 15) is 4.79 Å².